The second kappa shape index (κ2) is 10.2. The second-order valence-corrected chi connectivity index (χ2v) is 7.97. The van der Waals surface area contributed by atoms with Gasteiger partial charge in [-0.1, -0.05) is 19.3 Å². The van der Waals surface area contributed by atoms with E-state index < -0.39 is 24.0 Å². The number of nitrogens with zero attached hydrogens (tertiary/aromatic N) is 1. The van der Waals surface area contributed by atoms with Crippen molar-refractivity contribution >= 4 is 29.2 Å². The van der Waals surface area contributed by atoms with Crippen molar-refractivity contribution < 1.29 is 23.9 Å². The number of benzene rings is 1. The first-order valence-electron chi connectivity index (χ1n) is 9.88. The van der Waals surface area contributed by atoms with E-state index in [2.05, 4.69) is 15.6 Å². The molecule has 0 aliphatic heterocycles. The Morgan fingerprint density at radius 3 is 2.50 bits per heavy atom. The standard InChI is InChI=1S/C21H25N3O5S/c1-13(18(25)24-21(27)22-15-6-4-3-5-7-15)29-20(26)17-12-30-19(23-17)14-8-10-16(28-2)11-9-14/h8-13,15H,3-7H2,1-2H3,(H2,22,24,25,27). The summed E-state index contributed by atoms with van der Waals surface area (Å²) in [6.07, 6.45) is 4.00. The number of aromatic nitrogens is 1. The van der Waals surface area contributed by atoms with E-state index in [-0.39, 0.29) is 11.7 Å². The highest BCUT2D eigenvalue weighted by molar-refractivity contribution is 7.13. The Hall–Kier alpha value is -2.94. The van der Waals surface area contributed by atoms with Crippen molar-refractivity contribution in [2.24, 2.45) is 0 Å². The lowest BCUT2D eigenvalue weighted by molar-refractivity contribution is -0.127. The zero-order valence-corrected chi connectivity index (χ0v) is 17.8. The van der Waals surface area contributed by atoms with Gasteiger partial charge in [0.25, 0.3) is 5.91 Å². The number of methoxy groups -OCH3 is 1. The predicted molar refractivity (Wildman–Crippen MR) is 113 cm³/mol. The molecule has 1 atom stereocenters. The molecule has 1 aliphatic rings. The predicted octanol–water partition coefficient (Wildman–Crippen LogP) is 3.52. The van der Waals surface area contributed by atoms with Crippen LogP contribution in [-0.4, -0.2) is 42.1 Å². The third-order valence-electron chi connectivity index (χ3n) is 4.88. The number of ether oxygens (including phenoxy) is 2. The van der Waals surface area contributed by atoms with Crippen LogP contribution in [0.4, 0.5) is 4.79 Å². The largest absolute Gasteiger partial charge is 0.497 e. The van der Waals surface area contributed by atoms with Crippen molar-refractivity contribution in [2.45, 2.75) is 51.2 Å². The lowest BCUT2D eigenvalue weighted by Crippen LogP contribution is -2.48. The van der Waals surface area contributed by atoms with Crippen LogP contribution in [0.2, 0.25) is 0 Å². The highest BCUT2D eigenvalue weighted by Crippen LogP contribution is 2.26. The Morgan fingerprint density at radius 1 is 1.13 bits per heavy atom. The molecule has 9 heteroatoms. The summed E-state index contributed by atoms with van der Waals surface area (Å²) in [5.41, 5.74) is 0.946. The Balaban J connectivity index is 1.51. The van der Waals surface area contributed by atoms with E-state index in [1.54, 1.807) is 24.6 Å². The summed E-state index contributed by atoms with van der Waals surface area (Å²) in [6, 6.07) is 6.81. The van der Waals surface area contributed by atoms with Crippen LogP contribution >= 0.6 is 11.3 Å². The number of carbonyl (C=O) groups is 3. The van der Waals surface area contributed by atoms with Crippen molar-refractivity contribution in [3.8, 4) is 16.3 Å². The fraction of sp³-hybridized carbons (Fsp3) is 0.429. The first-order valence-corrected chi connectivity index (χ1v) is 10.8. The summed E-state index contributed by atoms with van der Waals surface area (Å²) >= 11 is 1.29. The van der Waals surface area contributed by atoms with E-state index in [0.29, 0.717) is 5.01 Å². The van der Waals surface area contributed by atoms with Gasteiger partial charge in [-0.25, -0.2) is 14.6 Å². The lowest BCUT2D eigenvalue weighted by atomic mass is 9.96. The van der Waals surface area contributed by atoms with Gasteiger partial charge >= 0.3 is 12.0 Å². The number of hydrogen-bond acceptors (Lipinski definition) is 7. The first-order chi connectivity index (χ1) is 14.5. The fourth-order valence-electron chi connectivity index (χ4n) is 3.19. The third kappa shape index (κ3) is 5.79. The highest BCUT2D eigenvalue weighted by Gasteiger charge is 2.24. The molecule has 0 bridgehead atoms. The normalized spacial score (nSPS) is 15.1. The maximum Gasteiger partial charge on any atom is 0.358 e. The van der Waals surface area contributed by atoms with E-state index in [4.69, 9.17) is 9.47 Å². The van der Waals surface area contributed by atoms with Crippen molar-refractivity contribution in [1.82, 2.24) is 15.6 Å². The van der Waals surface area contributed by atoms with Gasteiger partial charge in [0.05, 0.1) is 7.11 Å². The molecule has 1 fully saturated rings. The molecule has 1 unspecified atom stereocenters. The van der Waals surface area contributed by atoms with Gasteiger partial charge in [0.1, 0.15) is 10.8 Å². The topological polar surface area (TPSA) is 107 Å². The number of thiazole rings is 1. The summed E-state index contributed by atoms with van der Waals surface area (Å²) in [4.78, 5) is 40.8. The Kier molecular flexibility index (Phi) is 7.40. The minimum absolute atomic E-state index is 0.0794. The van der Waals surface area contributed by atoms with Gasteiger partial charge in [0, 0.05) is 17.0 Å². The van der Waals surface area contributed by atoms with Crippen LogP contribution in [0, 0.1) is 0 Å². The quantitative estimate of drug-likeness (QED) is 0.678. The van der Waals surface area contributed by atoms with E-state index in [9.17, 15) is 14.4 Å². The smallest absolute Gasteiger partial charge is 0.358 e. The van der Waals surface area contributed by atoms with Gasteiger partial charge in [0.2, 0.25) is 0 Å². The number of esters is 1. The van der Waals surface area contributed by atoms with Crippen LogP contribution < -0.4 is 15.4 Å². The van der Waals surface area contributed by atoms with Gasteiger partial charge in [-0.15, -0.1) is 11.3 Å². The van der Waals surface area contributed by atoms with Crippen LogP contribution in [0.1, 0.15) is 49.5 Å². The number of hydrogen-bond donors (Lipinski definition) is 2. The molecular formula is C21H25N3O5S. The van der Waals surface area contributed by atoms with Crippen LogP contribution in [0.25, 0.3) is 10.6 Å². The van der Waals surface area contributed by atoms with Crippen LogP contribution in [0.3, 0.4) is 0 Å². The van der Waals surface area contributed by atoms with Crippen molar-refractivity contribution in [1.29, 1.82) is 0 Å². The summed E-state index contributed by atoms with van der Waals surface area (Å²) in [6.45, 7) is 1.41. The zero-order valence-electron chi connectivity index (χ0n) is 17.0. The number of imide groups is 1. The molecule has 1 aliphatic carbocycles. The Bertz CT molecular complexity index is 890. The fourth-order valence-corrected chi connectivity index (χ4v) is 3.99. The number of amides is 3. The highest BCUT2D eigenvalue weighted by atomic mass is 32.1. The molecule has 1 aromatic heterocycles. The molecule has 0 spiro atoms. The van der Waals surface area contributed by atoms with E-state index in [1.165, 1.54) is 24.7 Å². The van der Waals surface area contributed by atoms with Gasteiger partial charge in [0.15, 0.2) is 11.8 Å². The molecule has 1 saturated carbocycles. The van der Waals surface area contributed by atoms with Crippen LogP contribution in [0.15, 0.2) is 29.6 Å². The molecule has 1 heterocycles. The van der Waals surface area contributed by atoms with Gasteiger partial charge in [-0.3, -0.25) is 10.1 Å². The molecule has 2 N–H and O–H groups in total. The number of rotatable bonds is 6. The summed E-state index contributed by atoms with van der Waals surface area (Å²) in [7, 11) is 1.59. The van der Waals surface area contributed by atoms with E-state index in [0.717, 1.165) is 37.0 Å². The lowest BCUT2D eigenvalue weighted by Gasteiger charge is -2.23. The first kappa shape index (κ1) is 21.8. The summed E-state index contributed by atoms with van der Waals surface area (Å²) < 4.78 is 10.3. The molecule has 3 amide bonds. The van der Waals surface area contributed by atoms with Crippen molar-refractivity contribution in [3.63, 3.8) is 0 Å². The molecule has 3 rings (SSSR count). The number of urea groups is 1. The van der Waals surface area contributed by atoms with Crippen LogP contribution in [-0.2, 0) is 9.53 Å². The van der Waals surface area contributed by atoms with E-state index in [1.807, 2.05) is 12.1 Å². The van der Waals surface area contributed by atoms with Crippen molar-refractivity contribution in [2.75, 3.05) is 7.11 Å². The zero-order chi connectivity index (χ0) is 21.5. The molecule has 30 heavy (non-hydrogen) atoms. The van der Waals surface area contributed by atoms with Gasteiger partial charge in [-0.2, -0.15) is 0 Å². The number of nitrogens with one attached hydrogen (secondary N) is 2. The van der Waals surface area contributed by atoms with Gasteiger partial charge in [-0.05, 0) is 44.0 Å². The molecule has 2 aromatic rings. The van der Waals surface area contributed by atoms with E-state index >= 15 is 0 Å². The Morgan fingerprint density at radius 2 is 1.83 bits per heavy atom. The third-order valence-corrected chi connectivity index (χ3v) is 5.77. The molecule has 0 saturated heterocycles. The average Bonchev–Trinajstić information content (AvgIpc) is 3.25. The SMILES string of the molecule is COc1ccc(-c2nc(C(=O)OC(C)C(=O)NC(=O)NC3CCCCC3)cs2)cc1. The molecule has 8 nitrogen and oxygen atoms in total. The Labute approximate surface area is 179 Å². The maximum absolute atomic E-state index is 12.3. The molecule has 1 aromatic carbocycles. The molecule has 160 valence electrons. The maximum atomic E-state index is 12.3. The monoisotopic (exact) mass is 431 g/mol. The minimum Gasteiger partial charge on any atom is -0.497 e. The summed E-state index contributed by atoms with van der Waals surface area (Å²) in [5, 5.41) is 7.24. The molecular weight excluding hydrogens is 406 g/mol. The van der Waals surface area contributed by atoms with Crippen LogP contribution in [0.5, 0.6) is 5.75 Å². The molecule has 0 radical (unpaired) electrons. The van der Waals surface area contributed by atoms with Gasteiger partial charge < -0.3 is 14.8 Å². The minimum atomic E-state index is -1.12. The van der Waals surface area contributed by atoms with Crippen molar-refractivity contribution in [3.05, 3.63) is 35.3 Å². The average molecular weight is 432 g/mol. The summed E-state index contributed by atoms with van der Waals surface area (Å²) in [5.74, 6) is -0.675. The number of carbonyl (C=O) groups excluding carboxylic acids is 3. The second-order valence-electron chi connectivity index (χ2n) is 7.11.